The van der Waals surface area contributed by atoms with E-state index in [2.05, 4.69) is 15.6 Å². The number of anilines is 1. The second kappa shape index (κ2) is 6.36. The Morgan fingerprint density at radius 3 is 2.45 bits per heavy atom. The average molecular weight is 277 g/mol. The zero-order valence-corrected chi connectivity index (χ0v) is 11.4. The number of carboxylic acids is 1. The van der Waals surface area contributed by atoms with Gasteiger partial charge in [-0.15, -0.1) is 0 Å². The zero-order chi connectivity index (χ0) is 14.5. The van der Waals surface area contributed by atoms with Crippen LogP contribution in [0.1, 0.15) is 43.1 Å². The smallest absolute Gasteiger partial charge is 0.354 e. The van der Waals surface area contributed by atoms with E-state index in [4.69, 9.17) is 5.11 Å². The molecule has 1 heterocycles. The van der Waals surface area contributed by atoms with Crippen LogP contribution < -0.4 is 10.6 Å². The van der Waals surface area contributed by atoms with Gasteiger partial charge in [-0.05, 0) is 37.8 Å². The molecule has 6 nitrogen and oxygen atoms in total. The summed E-state index contributed by atoms with van der Waals surface area (Å²) in [6, 6.07) is 5.45. The summed E-state index contributed by atoms with van der Waals surface area (Å²) in [6.07, 6.45) is 3.72. The van der Waals surface area contributed by atoms with Gasteiger partial charge in [-0.3, -0.25) is 4.79 Å². The van der Waals surface area contributed by atoms with Crippen LogP contribution >= 0.6 is 0 Å². The molecule has 1 saturated carbocycles. The highest BCUT2D eigenvalue weighted by atomic mass is 16.4. The zero-order valence-electron chi connectivity index (χ0n) is 11.4. The Balaban J connectivity index is 1.88. The van der Waals surface area contributed by atoms with Crippen molar-refractivity contribution in [3.8, 4) is 0 Å². The third-order valence-electron chi connectivity index (χ3n) is 3.45. The van der Waals surface area contributed by atoms with Gasteiger partial charge < -0.3 is 15.7 Å². The van der Waals surface area contributed by atoms with Crippen LogP contribution in [-0.4, -0.2) is 34.1 Å². The van der Waals surface area contributed by atoms with Crippen LogP contribution in [-0.2, 0) is 4.79 Å². The molecule has 1 aromatic heterocycles. The van der Waals surface area contributed by atoms with Gasteiger partial charge in [0, 0.05) is 19.0 Å². The Morgan fingerprint density at radius 1 is 1.20 bits per heavy atom. The van der Waals surface area contributed by atoms with Crippen molar-refractivity contribution in [3.63, 3.8) is 0 Å². The van der Waals surface area contributed by atoms with Crippen molar-refractivity contribution in [2.75, 3.05) is 5.32 Å². The van der Waals surface area contributed by atoms with Gasteiger partial charge in [0.15, 0.2) is 5.69 Å². The Labute approximate surface area is 117 Å². The molecule has 0 bridgehead atoms. The molecule has 3 N–H and O–H groups in total. The van der Waals surface area contributed by atoms with Crippen molar-refractivity contribution in [1.29, 1.82) is 0 Å². The summed E-state index contributed by atoms with van der Waals surface area (Å²) in [6.45, 7) is 1.53. The Bertz CT molecular complexity index is 496. The third-order valence-corrected chi connectivity index (χ3v) is 3.45. The van der Waals surface area contributed by atoms with E-state index < -0.39 is 5.97 Å². The highest BCUT2D eigenvalue weighted by molar-refractivity contribution is 5.85. The van der Waals surface area contributed by atoms with E-state index in [0.717, 1.165) is 25.7 Å². The van der Waals surface area contributed by atoms with Crippen molar-refractivity contribution in [1.82, 2.24) is 10.3 Å². The predicted octanol–water partition coefficient (Wildman–Crippen LogP) is 1.64. The molecule has 0 aromatic carbocycles. The molecule has 1 amide bonds. The van der Waals surface area contributed by atoms with E-state index in [9.17, 15) is 9.59 Å². The minimum absolute atomic E-state index is 0.0113. The number of aromatic nitrogens is 1. The predicted molar refractivity (Wildman–Crippen MR) is 74.7 cm³/mol. The Hall–Kier alpha value is -2.11. The van der Waals surface area contributed by atoms with Crippen molar-refractivity contribution in [2.45, 2.75) is 44.7 Å². The maximum absolute atomic E-state index is 11.0. The lowest BCUT2D eigenvalue weighted by Gasteiger charge is -2.29. The van der Waals surface area contributed by atoms with E-state index in [-0.39, 0.29) is 23.7 Å². The number of carboxylic acid groups (broad SMARTS) is 1. The van der Waals surface area contributed by atoms with Crippen molar-refractivity contribution < 1.29 is 14.7 Å². The lowest BCUT2D eigenvalue weighted by Crippen LogP contribution is -2.39. The Morgan fingerprint density at radius 2 is 1.85 bits per heavy atom. The first-order chi connectivity index (χ1) is 9.54. The normalized spacial score (nSPS) is 22.1. The van der Waals surface area contributed by atoms with Crippen LogP contribution in [0, 0.1) is 0 Å². The van der Waals surface area contributed by atoms with Gasteiger partial charge in [-0.25, -0.2) is 9.78 Å². The minimum atomic E-state index is -1.02. The maximum atomic E-state index is 11.0. The number of carbonyl (C=O) groups excluding carboxylic acids is 1. The topological polar surface area (TPSA) is 91.3 Å². The number of aromatic carboxylic acids is 1. The van der Waals surface area contributed by atoms with E-state index in [1.165, 1.54) is 13.0 Å². The molecule has 0 unspecified atom stereocenters. The SMILES string of the molecule is CC(=O)NC1CCC(Nc2cccc(C(=O)O)n2)CC1. The number of amides is 1. The standard InChI is InChI=1S/C14H19N3O3/c1-9(18)15-10-5-7-11(8-6-10)16-13-4-2-3-12(17-13)14(19)20/h2-4,10-11H,5-8H2,1H3,(H,15,18)(H,16,17)(H,19,20). The lowest BCUT2D eigenvalue weighted by atomic mass is 9.91. The summed E-state index contributed by atoms with van der Waals surface area (Å²) in [5, 5.41) is 15.1. The number of pyridine rings is 1. The molecular formula is C14H19N3O3. The molecule has 0 saturated heterocycles. The van der Waals surface area contributed by atoms with E-state index >= 15 is 0 Å². The first-order valence-electron chi connectivity index (χ1n) is 6.78. The van der Waals surface area contributed by atoms with Crippen LogP contribution in [0.15, 0.2) is 18.2 Å². The summed E-state index contributed by atoms with van der Waals surface area (Å²) in [5.41, 5.74) is 0.0435. The Kier molecular flexibility index (Phi) is 4.55. The first kappa shape index (κ1) is 14.3. The summed E-state index contributed by atoms with van der Waals surface area (Å²) >= 11 is 0. The molecule has 1 aliphatic carbocycles. The molecule has 1 aliphatic rings. The summed E-state index contributed by atoms with van der Waals surface area (Å²) in [7, 11) is 0. The van der Waals surface area contributed by atoms with Crippen LogP contribution in [0.2, 0.25) is 0 Å². The molecule has 1 aromatic rings. The number of hydrogen-bond acceptors (Lipinski definition) is 4. The largest absolute Gasteiger partial charge is 0.477 e. The number of nitrogens with one attached hydrogen (secondary N) is 2. The van der Waals surface area contributed by atoms with Crippen LogP contribution in [0.5, 0.6) is 0 Å². The fourth-order valence-electron chi connectivity index (χ4n) is 2.51. The summed E-state index contributed by atoms with van der Waals surface area (Å²) in [5.74, 6) is -0.423. The molecular weight excluding hydrogens is 258 g/mol. The maximum Gasteiger partial charge on any atom is 0.354 e. The monoisotopic (exact) mass is 277 g/mol. The molecule has 6 heteroatoms. The van der Waals surface area contributed by atoms with Gasteiger partial charge in [0.05, 0.1) is 0 Å². The van der Waals surface area contributed by atoms with Crippen molar-refractivity contribution >= 4 is 17.7 Å². The van der Waals surface area contributed by atoms with Gasteiger partial charge in [0.1, 0.15) is 5.82 Å². The van der Waals surface area contributed by atoms with Gasteiger partial charge in [-0.1, -0.05) is 6.07 Å². The molecule has 0 aliphatic heterocycles. The molecule has 1 fully saturated rings. The second-order valence-corrected chi connectivity index (χ2v) is 5.11. The number of rotatable bonds is 4. The van der Waals surface area contributed by atoms with Crippen LogP contribution in [0.25, 0.3) is 0 Å². The number of hydrogen-bond donors (Lipinski definition) is 3. The third kappa shape index (κ3) is 3.94. The first-order valence-corrected chi connectivity index (χ1v) is 6.78. The fourth-order valence-corrected chi connectivity index (χ4v) is 2.51. The number of nitrogens with zero attached hydrogens (tertiary/aromatic N) is 1. The van der Waals surface area contributed by atoms with Gasteiger partial charge in [-0.2, -0.15) is 0 Å². The molecule has 0 atom stereocenters. The molecule has 0 spiro atoms. The highest BCUT2D eigenvalue weighted by Gasteiger charge is 2.21. The van der Waals surface area contributed by atoms with E-state index in [0.29, 0.717) is 5.82 Å². The van der Waals surface area contributed by atoms with Gasteiger partial charge >= 0.3 is 5.97 Å². The molecule has 2 rings (SSSR count). The molecule has 20 heavy (non-hydrogen) atoms. The quantitative estimate of drug-likeness (QED) is 0.778. The number of carbonyl (C=O) groups is 2. The highest BCUT2D eigenvalue weighted by Crippen LogP contribution is 2.21. The van der Waals surface area contributed by atoms with Crippen molar-refractivity contribution in [3.05, 3.63) is 23.9 Å². The summed E-state index contributed by atoms with van der Waals surface area (Å²) < 4.78 is 0. The average Bonchev–Trinajstić information content (AvgIpc) is 2.41. The fraction of sp³-hybridized carbons (Fsp3) is 0.500. The van der Waals surface area contributed by atoms with E-state index in [1.807, 2.05) is 0 Å². The molecule has 108 valence electrons. The second-order valence-electron chi connectivity index (χ2n) is 5.11. The van der Waals surface area contributed by atoms with E-state index in [1.54, 1.807) is 12.1 Å². The minimum Gasteiger partial charge on any atom is -0.477 e. The lowest BCUT2D eigenvalue weighted by molar-refractivity contribution is -0.119. The van der Waals surface area contributed by atoms with Crippen molar-refractivity contribution in [2.24, 2.45) is 0 Å². The van der Waals surface area contributed by atoms with Crippen LogP contribution in [0.4, 0.5) is 5.82 Å². The molecule has 0 radical (unpaired) electrons. The van der Waals surface area contributed by atoms with Gasteiger partial charge in [0.25, 0.3) is 0 Å². The summed E-state index contributed by atoms with van der Waals surface area (Å²) in [4.78, 5) is 25.9. The van der Waals surface area contributed by atoms with Crippen LogP contribution in [0.3, 0.4) is 0 Å². The van der Waals surface area contributed by atoms with Gasteiger partial charge in [0.2, 0.25) is 5.91 Å².